The second-order valence-corrected chi connectivity index (χ2v) is 7.40. The van der Waals surface area contributed by atoms with Crippen molar-refractivity contribution >= 4 is 28.3 Å². The van der Waals surface area contributed by atoms with Crippen molar-refractivity contribution < 1.29 is 14.7 Å². The van der Waals surface area contributed by atoms with Crippen molar-refractivity contribution in [1.82, 2.24) is 9.13 Å². The highest BCUT2D eigenvalue weighted by Crippen LogP contribution is 2.30. The van der Waals surface area contributed by atoms with E-state index in [1.165, 1.54) is 0 Å². The van der Waals surface area contributed by atoms with Gasteiger partial charge in [0.05, 0.1) is 23.5 Å². The van der Waals surface area contributed by atoms with Crippen LogP contribution in [0.15, 0.2) is 23.0 Å². The first-order valence-corrected chi connectivity index (χ1v) is 9.10. The largest absolute Gasteiger partial charge is 0.396 e. The lowest BCUT2D eigenvalue weighted by molar-refractivity contribution is -0.132. The van der Waals surface area contributed by atoms with Gasteiger partial charge < -0.3 is 10.0 Å². The van der Waals surface area contributed by atoms with Crippen LogP contribution in [0.1, 0.15) is 31.7 Å². The molecule has 4 rings (SSSR count). The molecule has 1 aromatic heterocycles. The molecule has 1 aromatic carbocycles. The van der Waals surface area contributed by atoms with Gasteiger partial charge in [-0.25, -0.2) is 4.79 Å². The minimum atomic E-state index is -0.555. The molecule has 0 radical (unpaired) electrons. The Kier molecular flexibility index (Phi) is 4.19. The van der Waals surface area contributed by atoms with Crippen LogP contribution in [0.3, 0.4) is 0 Å². The smallest absolute Gasteiger partial charge is 0.329 e. The van der Waals surface area contributed by atoms with Crippen molar-refractivity contribution in [3.05, 3.63) is 28.7 Å². The fourth-order valence-electron chi connectivity index (χ4n) is 4.20. The molecule has 1 unspecified atom stereocenters. The van der Waals surface area contributed by atoms with Gasteiger partial charge in [0.25, 0.3) is 0 Å². The van der Waals surface area contributed by atoms with E-state index in [4.69, 9.17) is 0 Å². The average Bonchev–Trinajstić information content (AvgIpc) is 3.20. The molecule has 0 bridgehead atoms. The normalized spacial score (nSPS) is 24.0. The Labute approximate surface area is 150 Å². The van der Waals surface area contributed by atoms with E-state index >= 15 is 0 Å². The molecule has 7 heteroatoms. The van der Waals surface area contributed by atoms with Gasteiger partial charge in [0.2, 0.25) is 0 Å². The third-order valence-electron chi connectivity index (χ3n) is 5.73. The molecule has 2 aromatic rings. The number of aliphatic hydroxyl groups excluding tert-OH is 1. The number of hydrogen-bond donors (Lipinski definition) is 1. The zero-order chi connectivity index (χ0) is 18.4. The predicted molar refractivity (Wildman–Crippen MR) is 97.5 cm³/mol. The zero-order valence-corrected chi connectivity index (χ0v) is 14.9. The maximum absolute atomic E-state index is 12.8. The lowest BCUT2D eigenvalue weighted by Gasteiger charge is -2.21. The van der Waals surface area contributed by atoms with Crippen LogP contribution < -0.4 is 10.6 Å². The molecule has 7 nitrogen and oxygen atoms in total. The van der Waals surface area contributed by atoms with Gasteiger partial charge >= 0.3 is 5.69 Å². The first kappa shape index (κ1) is 17.0. The van der Waals surface area contributed by atoms with E-state index in [1.54, 1.807) is 16.2 Å². The van der Waals surface area contributed by atoms with Gasteiger partial charge in [0.15, 0.2) is 5.78 Å². The number of Topliss-reactive ketones (excluding diaryl/α,β-unsaturated/α-hetero) is 2. The molecule has 2 fully saturated rings. The molecule has 0 amide bonds. The van der Waals surface area contributed by atoms with E-state index in [9.17, 15) is 19.5 Å². The summed E-state index contributed by atoms with van der Waals surface area (Å²) >= 11 is 0. The van der Waals surface area contributed by atoms with Gasteiger partial charge in [-0.05, 0) is 31.0 Å². The summed E-state index contributed by atoms with van der Waals surface area (Å²) in [5.41, 5.74) is 2.31. The first-order valence-electron chi connectivity index (χ1n) is 9.10. The Morgan fingerprint density at radius 1 is 1.15 bits per heavy atom. The molecular formula is C19H23N3O4. The Hall–Kier alpha value is -2.41. The highest BCUT2D eigenvalue weighted by molar-refractivity contribution is 6.03. The molecule has 138 valence electrons. The fraction of sp³-hybridized carbons (Fsp3) is 0.526. The van der Waals surface area contributed by atoms with Gasteiger partial charge in [-0.1, -0.05) is 0 Å². The maximum Gasteiger partial charge on any atom is 0.329 e. The van der Waals surface area contributed by atoms with Crippen LogP contribution in [0, 0.1) is 5.92 Å². The summed E-state index contributed by atoms with van der Waals surface area (Å²) in [4.78, 5) is 38.8. The van der Waals surface area contributed by atoms with Crippen LogP contribution in [0.2, 0.25) is 0 Å². The van der Waals surface area contributed by atoms with E-state index < -0.39 is 6.04 Å². The Morgan fingerprint density at radius 2 is 1.96 bits per heavy atom. The van der Waals surface area contributed by atoms with Gasteiger partial charge in [0, 0.05) is 44.8 Å². The zero-order valence-electron chi connectivity index (χ0n) is 14.9. The highest BCUT2D eigenvalue weighted by Gasteiger charge is 2.31. The van der Waals surface area contributed by atoms with Crippen LogP contribution in [0.4, 0.5) is 5.69 Å². The molecule has 1 aliphatic heterocycles. The second-order valence-electron chi connectivity index (χ2n) is 7.40. The summed E-state index contributed by atoms with van der Waals surface area (Å²) in [5.74, 6) is 0.0658. The molecule has 1 N–H and O–H groups in total. The number of carbonyl (C=O) groups is 2. The molecular weight excluding hydrogens is 334 g/mol. The quantitative estimate of drug-likeness (QED) is 0.829. The number of aryl methyl sites for hydroxylation is 1. The third kappa shape index (κ3) is 2.67. The third-order valence-corrected chi connectivity index (χ3v) is 5.73. The summed E-state index contributed by atoms with van der Waals surface area (Å²) in [6.07, 6.45) is 1.61. The van der Waals surface area contributed by atoms with Crippen molar-refractivity contribution in [1.29, 1.82) is 0 Å². The number of rotatable bonds is 3. The van der Waals surface area contributed by atoms with Crippen molar-refractivity contribution in [2.45, 2.75) is 31.7 Å². The van der Waals surface area contributed by atoms with E-state index in [0.29, 0.717) is 12.8 Å². The summed E-state index contributed by atoms with van der Waals surface area (Å²) in [6.45, 7) is 1.88. The topological polar surface area (TPSA) is 84.5 Å². The van der Waals surface area contributed by atoms with E-state index in [2.05, 4.69) is 4.90 Å². The number of hydrogen-bond acceptors (Lipinski definition) is 5. The van der Waals surface area contributed by atoms with E-state index in [1.807, 2.05) is 18.2 Å². The minimum Gasteiger partial charge on any atom is -0.396 e. The summed E-state index contributed by atoms with van der Waals surface area (Å²) in [6, 6.07) is 5.28. The standard InChI is InChI=1S/C19H23N3O4/c1-20-17-8-13(21-7-6-12(10-21)11-23)2-4-15(17)22(19(20)26)16-5-3-14(24)9-18(16)25/h2,4,8,12,16,23H,3,5-7,9-11H2,1H3/t12-,16?/m1/s1. The van der Waals surface area contributed by atoms with Crippen LogP contribution in [-0.4, -0.2) is 45.5 Å². The SMILES string of the molecule is Cn1c(=O)n(C2CCC(=O)CC2=O)c2ccc(N3CC[C@@H](CO)C3)cc21. The number of ketones is 2. The van der Waals surface area contributed by atoms with E-state index in [-0.39, 0.29) is 36.2 Å². The average molecular weight is 357 g/mol. The first-order chi connectivity index (χ1) is 12.5. The highest BCUT2D eigenvalue weighted by atomic mass is 16.3. The molecule has 1 aliphatic carbocycles. The number of imidazole rings is 1. The lowest BCUT2D eigenvalue weighted by Crippen LogP contribution is -2.34. The molecule has 1 saturated carbocycles. The predicted octanol–water partition coefficient (Wildman–Crippen LogP) is 1.02. The molecule has 1 saturated heterocycles. The summed E-state index contributed by atoms with van der Waals surface area (Å²) in [7, 11) is 1.71. The molecule has 0 spiro atoms. The number of fused-ring (bicyclic) bond motifs is 1. The van der Waals surface area contributed by atoms with Crippen molar-refractivity contribution in [3.63, 3.8) is 0 Å². The number of nitrogens with zero attached hydrogens (tertiary/aromatic N) is 3. The van der Waals surface area contributed by atoms with Crippen LogP contribution >= 0.6 is 0 Å². The molecule has 2 atom stereocenters. The molecule has 2 aliphatic rings. The molecule has 2 heterocycles. The Balaban J connectivity index is 1.75. The lowest BCUT2D eigenvalue weighted by atomic mass is 9.93. The van der Waals surface area contributed by atoms with Crippen molar-refractivity contribution in [2.24, 2.45) is 13.0 Å². The second kappa shape index (κ2) is 6.39. The van der Waals surface area contributed by atoms with Gasteiger partial charge in [-0.15, -0.1) is 0 Å². The van der Waals surface area contributed by atoms with Crippen molar-refractivity contribution in [3.8, 4) is 0 Å². The van der Waals surface area contributed by atoms with Gasteiger partial charge in [-0.2, -0.15) is 0 Å². The monoisotopic (exact) mass is 357 g/mol. The van der Waals surface area contributed by atoms with E-state index in [0.717, 1.165) is 36.2 Å². The van der Waals surface area contributed by atoms with Crippen LogP contribution in [0.25, 0.3) is 11.0 Å². The van der Waals surface area contributed by atoms with Crippen LogP contribution in [-0.2, 0) is 16.6 Å². The number of carbonyl (C=O) groups excluding carboxylic acids is 2. The summed E-state index contributed by atoms with van der Waals surface area (Å²) in [5, 5.41) is 9.34. The maximum atomic E-state index is 12.8. The number of anilines is 1. The Bertz CT molecular complexity index is 942. The number of benzene rings is 1. The molecule has 26 heavy (non-hydrogen) atoms. The minimum absolute atomic E-state index is 0.0470. The Morgan fingerprint density at radius 3 is 2.65 bits per heavy atom. The van der Waals surface area contributed by atoms with Crippen molar-refractivity contribution in [2.75, 3.05) is 24.6 Å². The fourth-order valence-corrected chi connectivity index (χ4v) is 4.20. The summed E-state index contributed by atoms with van der Waals surface area (Å²) < 4.78 is 3.12. The number of aliphatic hydroxyl groups is 1. The van der Waals surface area contributed by atoms with Gasteiger partial charge in [-0.3, -0.25) is 18.7 Å². The number of aromatic nitrogens is 2. The van der Waals surface area contributed by atoms with Crippen LogP contribution in [0.5, 0.6) is 0 Å². The van der Waals surface area contributed by atoms with Gasteiger partial charge in [0.1, 0.15) is 5.78 Å².